The summed E-state index contributed by atoms with van der Waals surface area (Å²) in [6, 6.07) is 8.51. The molecule has 2 N–H and O–H groups in total. The summed E-state index contributed by atoms with van der Waals surface area (Å²) in [6.07, 6.45) is -0.744. The van der Waals surface area contributed by atoms with E-state index in [0.717, 1.165) is 18.2 Å². The van der Waals surface area contributed by atoms with E-state index >= 15 is 0 Å². The number of ether oxygens (including phenoxy) is 1. The molecule has 2 aromatic carbocycles. The lowest BCUT2D eigenvalue weighted by molar-refractivity contribution is 0.203. The minimum Gasteiger partial charge on any atom is -0.481 e. The topological polar surface area (TPSA) is 35.2 Å². The Kier molecular flexibility index (Phi) is 4.06. The summed E-state index contributed by atoms with van der Waals surface area (Å²) in [4.78, 5) is 0. The first-order valence-electron chi connectivity index (χ1n) is 5.67. The Morgan fingerprint density at radius 1 is 1.00 bits per heavy atom. The average molecular weight is 267 g/mol. The Morgan fingerprint density at radius 2 is 1.74 bits per heavy atom. The van der Waals surface area contributed by atoms with Crippen molar-refractivity contribution >= 4 is 0 Å². The van der Waals surface area contributed by atoms with E-state index in [9.17, 15) is 13.2 Å². The zero-order chi connectivity index (χ0) is 13.8. The smallest absolute Gasteiger partial charge is 0.165 e. The van der Waals surface area contributed by atoms with Crippen LogP contribution in [0.3, 0.4) is 0 Å². The van der Waals surface area contributed by atoms with E-state index in [1.54, 1.807) is 6.07 Å². The van der Waals surface area contributed by atoms with Crippen LogP contribution in [0.2, 0.25) is 0 Å². The summed E-state index contributed by atoms with van der Waals surface area (Å²) in [5.41, 5.74) is 5.99. The third-order valence-electron chi connectivity index (χ3n) is 2.60. The van der Waals surface area contributed by atoms with Crippen molar-refractivity contribution in [2.24, 2.45) is 5.73 Å². The third kappa shape index (κ3) is 3.26. The fraction of sp³-hybridized carbons (Fsp3) is 0.143. The van der Waals surface area contributed by atoms with Gasteiger partial charge in [0.15, 0.2) is 11.6 Å². The molecule has 0 spiro atoms. The van der Waals surface area contributed by atoms with Crippen molar-refractivity contribution in [3.05, 3.63) is 65.5 Å². The van der Waals surface area contributed by atoms with Gasteiger partial charge >= 0.3 is 0 Å². The van der Waals surface area contributed by atoms with Gasteiger partial charge in [0.25, 0.3) is 0 Å². The highest BCUT2D eigenvalue weighted by molar-refractivity contribution is 5.27. The predicted molar refractivity (Wildman–Crippen MR) is 65.2 cm³/mol. The molecule has 2 aromatic rings. The highest BCUT2D eigenvalue weighted by atomic mass is 19.1. The first kappa shape index (κ1) is 13.4. The molecule has 2 nitrogen and oxygen atoms in total. The number of hydrogen-bond acceptors (Lipinski definition) is 2. The molecule has 100 valence electrons. The van der Waals surface area contributed by atoms with E-state index in [4.69, 9.17) is 10.5 Å². The van der Waals surface area contributed by atoms with Crippen molar-refractivity contribution in [3.8, 4) is 5.75 Å². The van der Waals surface area contributed by atoms with Gasteiger partial charge in [0.1, 0.15) is 17.7 Å². The summed E-state index contributed by atoms with van der Waals surface area (Å²) < 4.78 is 44.9. The van der Waals surface area contributed by atoms with Gasteiger partial charge in [-0.1, -0.05) is 12.1 Å². The van der Waals surface area contributed by atoms with Crippen LogP contribution in [0.1, 0.15) is 11.7 Å². The van der Waals surface area contributed by atoms with Crippen LogP contribution in [0.15, 0.2) is 42.5 Å². The molecule has 1 unspecified atom stereocenters. The van der Waals surface area contributed by atoms with Gasteiger partial charge in [-0.2, -0.15) is 0 Å². The van der Waals surface area contributed by atoms with E-state index < -0.39 is 23.6 Å². The van der Waals surface area contributed by atoms with Gasteiger partial charge in [-0.15, -0.1) is 0 Å². The van der Waals surface area contributed by atoms with Crippen molar-refractivity contribution in [3.63, 3.8) is 0 Å². The van der Waals surface area contributed by atoms with Gasteiger partial charge < -0.3 is 10.5 Å². The molecular weight excluding hydrogens is 255 g/mol. The maximum absolute atomic E-state index is 13.5. The minimum absolute atomic E-state index is 0.0133. The molecule has 0 heterocycles. The second kappa shape index (κ2) is 5.75. The molecule has 1 atom stereocenters. The molecule has 0 fully saturated rings. The molecule has 0 amide bonds. The Balaban J connectivity index is 2.26. The quantitative estimate of drug-likeness (QED) is 0.923. The zero-order valence-electron chi connectivity index (χ0n) is 9.95. The largest absolute Gasteiger partial charge is 0.481 e. The monoisotopic (exact) mass is 267 g/mol. The van der Waals surface area contributed by atoms with E-state index in [0.29, 0.717) is 5.56 Å². The van der Waals surface area contributed by atoms with Gasteiger partial charge in [0, 0.05) is 12.6 Å². The molecule has 5 heteroatoms. The fourth-order valence-electron chi connectivity index (χ4n) is 1.68. The molecular formula is C14H12F3NO. The van der Waals surface area contributed by atoms with Crippen LogP contribution in [0, 0.1) is 17.5 Å². The van der Waals surface area contributed by atoms with Crippen molar-refractivity contribution < 1.29 is 17.9 Å². The first-order chi connectivity index (χ1) is 9.10. The second-order valence-corrected chi connectivity index (χ2v) is 3.97. The van der Waals surface area contributed by atoms with Crippen LogP contribution in [0.25, 0.3) is 0 Å². The Morgan fingerprint density at radius 3 is 2.42 bits per heavy atom. The molecule has 0 aliphatic heterocycles. The normalized spacial score (nSPS) is 12.2. The summed E-state index contributed by atoms with van der Waals surface area (Å²) in [5.74, 6) is -2.01. The van der Waals surface area contributed by atoms with Gasteiger partial charge in [-0.25, -0.2) is 13.2 Å². The van der Waals surface area contributed by atoms with E-state index in [-0.39, 0.29) is 12.3 Å². The lowest BCUT2D eigenvalue weighted by Gasteiger charge is -2.18. The Bertz CT molecular complexity index is 574. The van der Waals surface area contributed by atoms with Gasteiger partial charge in [0.2, 0.25) is 0 Å². The summed E-state index contributed by atoms with van der Waals surface area (Å²) in [7, 11) is 0. The molecule has 0 aromatic heterocycles. The molecule has 2 rings (SSSR count). The highest BCUT2D eigenvalue weighted by Gasteiger charge is 2.15. The molecule has 0 bridgehead atoms. The minimum atomic E-state index is -0.744. The van der Waals surface area contributed by atoms with E-state index in [2.05, 4.69) is 0 Å². The standard InChI is InChI=1S/C14H12F3NO/c15-10-3-1-2-9(6-10)14(8-18)19-13-7-11(16)4-5-12(13)17/h1-7,14H,8,18H2. The maximum Gasteiger partial charge on any atom is 0.165 e. The number of nitrogens with two attached hydrogens (primary N) is 1. The van der Waals surface area contributed by atoms with Crippen LogP contribution in [0.5, 0.6) is 5.75 Å². The molecule has 0 saturated heterocycles. The van der Waals surface area contributed by atoms with Crippen LogP contribution < -0.4 is 10.5 Å². The lowest BCUT2D eigenvalue weighted by atomic mass is 10.1. The van der Waals surface area contributed by atoms with Crippen molar-refractivity contribution in [2.45, 2.75) is 6.10 Å². The fourth-order valence-corrected chi connectivity index (χ4v) is 1.68. The van der Waals surface area contributed by atoms with Crippen LogP contribution >= 0.6 is 0 Å². The van der Waals surface area contributed by atoms with Gasteiger partial charge in [-0.3, -0.25) is 0 Å². The van der Waals surface area contributed by atoms with Crippen molar-refractivity contribution in [1.29, 1.82) is 0 Å². The molecule has 0 saturated carbocycles. The Hall–Kier alpha value is -2.01. The zero-order valence-corrected chi connectivity index (χ0v) is 9.95. The molecule has 0 aliphatic carbocycles. The van der Waals surface area contributed by atoms with Crippen molar-refractivity contribution in [2.75, 3.05) is 6.54 Å². The van der Waals surface area contributed by atoms with Gasteiger partial charge in [0.05, 0.1) is 0 Å². The van der Waals surface area contributed by atoms with Crippen LogP contribution in [0.4, 0.5) is 13.2 Å². The first-order valence-corrected chi connectivity index (χ1v) is 5.67. The maximum atomic E-state index is 13.5. The number of rotatable bonds is 4. The molecule has 0 radical (unpaired) electrons. The van der Waals surface area contributed by atoms with Gasteiger partial charge in [-0.05, 0) is 29.8 Å². The van der Waals surface area contributed by atoms with Crippen LogP contribution in [-0.4, -0.2) is 6.54 Å². The number of benzene rings is 2. The summed E-state index contributed by atoms with van der Waals surface area (Å²) in [5, 5.41) is 0. The van der Waals surface area contributed by atoms with Crippen molar-refractivity contribution in [1.82, 2.24) is 0 Å². The molecule has 19 heavy (non-hydrogen) atoms. The summed E-state index contributed by atoms with van der Waals surface area (Å²) in [6.45, 7) is 0.0133. The predicted octanol–water partition coefficient (Wildman–Crippen LogP) is 3.18. The SMILES string of the molecule is NCC(Oc1cc(F)ccc1F)c1cccc(F)c1. The Labute approximate surface area is 108 Å². The molecule has 0 aliphatic rings. The lowest BCUT2D eigenvalue weighted by Crippen LogP contribution is -2.19. The second-order valence-electron chi connectivity index (χ2n) is 3.97. The number of hydrogen-bond donors (Lipinski definition) is 1. The van der Waals surface area contributed by atoms with E-state index in [1.807, 2.05) is 0 Å². The highest BCUT2D eigenvalue weighted by Crippen LogP contribution is 2.25. The van der Waals surface area contributed by atoms with E-state index in [1.165, 1.54) is 18.2 Å². The average Bonchev–Trinajstić information content (AvgIpc) is 2.39. The third-order valence-corrected chi connectivity index (χ3v) is 2.60. The number of halogens is 3. The summed E-state index contributed by atoms with van der Waals surface area (Å²) >= 11 is 0. The van der Waals surface area contributed by atoms with Crippen LogP contribution in [-0.2, 0) is 0 Å².